The van der Waals surface area contributed by atoms with E-state index in [0.29, 0.717) is 47.6 Å². The number of aliphatic imine (C=N–C) groups is 2. The van der Waals surface area contributed by atoms with Gasteiger partial charge in [0, 0.05) is 18.2 Å². The van der Waals surface area contributed by atoms with Gasteiger partial charge in [0.2, 0.25) is 12.7 Å². The SMILES string of the molecule is CCCCOP(=O)(OCCCC)Oc1ccc(C(=O)OCOC(=O)N(CCC)C(=O)C2CN3NC=NC(=Nc4cc(C(=O)NC5CC5)ccc4C)C3=C2C)cc1. The number of nitrogens with zero attached hydrogens (tertiary/aromatic N) is 4. The van der Waals surface area contributed by atoms with Gasteiger partial charge in [-0.25, -0.2) is 29.0 Å². The number of benzene rings is 2. The van der Waals surface area contributed by atoms with E-state index in [0.717, 1.165) is 36.1 Å². The van der Waals surface area contributed by atoms with Crippen LogP contribution in [-0.2, 0) is 27.9 Å². The van der Waals surface area contributed by atoms with Crippen molar-refractivity contribution in [1.82, 2.24) is 20.7 Å². The van der Waals surface area contributed by atoms with Gasteiger partial charge in [-0.15, -0.1) is 0 Å². The highest BCUT2D eigenvalue weighted by Gasteiger charge is 2.41. The summed E-state index contributed by atoms with van der Waals surface area (Å²) in [6.45, 7) is 9.40. The number of hydrogen-bond donors (Lipinski definition) is 2. The molecule has 3 amide bonds. The number of phosphoric ester groups is 1. The van der Waals surface area contributed by atoms with E-state index in [1.165, 1.54) is 30.6 Å². The number of imide groups is 1. The van der Waals surface area contributed by atoms with Crippen molar-refractivity contribution in [2.24, 2.45) is 15.9 Å². The van der Waals surface area contributed by atoms with Crippen LogP contribution < -0.4 is 15.3 Å². The number of amides is 3. The number of hydrogen-bond acceptors (Lipinski definition) is 13. The molecule has 5 rings (SSSR count). The number of amidine groups is 1. The molecule has 1 atom stereocenters. The summed E-state index contributed by atoms with van der Waals surface area (Å²) in [7, 11) is -3.88. The second-order valence-electron chi connectivity index (χ2n) is 13.7. The number of unbranched alkanes of at least 4 members (excludes halogenated alkanes) is 2. The van der Waals surface area contributed by atoms with Gasteiger partial charge in [-0.3, -0.25) is 29.1 Å². The molecule has 1 saturated carbocycles. The summed E-state index contributed by atoms with van der Waals surface area (Å²) in [6.07, 6.45) is 5.97. The molecule has 1 fully saturated rings. The summed E-state index contributed by atoms with van der Waals surface area (Å²) in [5.74, 6) is -1.67. The number of rotatable bonds is 19. The first kappa shape index (κ1) is 42.1. The highest BCUT2D eigenvalue weighted by Crippen LogP contribution is 2.50. The van der Waals surface area contributed by atoms with Crippen molar-refractivity contribution in [3.8, 4) is 5.75 Å². The van der Waals surface area contributed by atoms with Gasteiger partial charge in [0.15, 0.2) is 5.84 Å². The molecule has 2 aliphatic heterocycles. The number of carbonyl (C=O) groups is 4. The summed E-state index contributed by atoms with van der Waals surface area (Å²) in [4.78, 5) is 62.9. The summed E-state index contributed by atoms with van der Waals surface area (Å²) < 4.78 is 40.1. The Morgan fingerprint density at radius 1 is 0.946 bits per heavy atom. The largest absolute Gasteiger partial charge is 0.530 e. The topological polar surface area (TPSA) is 187 Å². The highest BCUT2D eigenvalue weighted by molar-refractivity contribution is 7.48. The minimum absolute atomic E-state index is 0.0696. The second kappa shape index (κ2) is 19.7. The third-order valence-corrected chi connectivity index (χ3v) is 10.6. The summed E-state index contributed by atoms with van der Waals surface area (Å²) in [5, 5.41) is 4.73. The molecule has 1 aliphatic carbocycles. The zero-order chi connectivity index (χ0) is 40.2. The Morgan fingerprint density at radius 2 is 1.62 bits per heavy atom. The maximum Gasteiger partial charge on any atom is 0.530 e. The first-order chi connectivity index (χ1) is 27.0. The smallest absolute Gasteiger partial charge is 0.424 e. The fourth-order valence-corrected chi connectivity index (χ4v) is 7.03. The minimum atomic E-state index is -3.88. The van der Waals surface area contributed by atoms with Crippen LogP contribution in [0.2, 0.25) is 0 Å². The van der Waals surface area contributed by atoms with Crippen LogP contribution in [0.25, 0.3) is 0 Å². The van der Waals surface area contributed by atoms with Crippen LogP contribution in [-0.4, -0.2) is 85.1 Å². The number of fused-ring (bicyclic) bond motifs is 1. The van der Waals surface area contributed by atoms with Crippen molar-refractivity contribution in [2.45, 2.75) is 85.6 Å². The molecule has 1 unspecified atom stereocenters. The van der Waals surface area contributed by atoms with Gasteiger partial charge < -0.3 is 19.3 Å². The van der Waals surface area contributed by atoms with Gasteiger partial charge in [-0.2, -0.15) is 0 Å². The third kappa shape index (κ3) is 11.0. The van der Waals surface area contributed by atoms with Crippen molar-refractivity contribution in [3.63, 3.8) is 0 Å². The van der Waals surface area contributed by atoms with E-state index >= 15 is 0 Å². The molecule has 2 N–H and O–H groups in total. The number of ether oxygens (including phenoxy) is 2. The van der Waals surface area contributed by atoms with Crippen molar-refractivity contribution in [2.75, 3.05) is 33.1 Å². The zero-order valence-electron chi connectivity index (χ0n) is 32.6. The molecule has 2 aromatic rings. The average molecular weight is 795 g/mol. The Labute approximate surface area is 327 Å². The molecular weight excluding hydrogens is 743 g/mol. The molecular formula is C39H51N6O10P. The van der Waals surface area contributed by atoms with E-state index in [9.17, 15) is 23.7 Å². The van der Waals surface area contributed by atoms with Gasteiger partial charge in [0.05, 0.1) is 36.9 Å². The molecule has 302 valence electrons. The van der Waals surface area contributed by atoms with Crippen molar-refractivity contribution in [3.05, 3.63) is 70.4 Å². The molecule has 56 heavy (non-hydrogen) atoms. The van der Waals surface area contributed by atoms with Crippen LogP contribution in [0, 0.1) is 12.8 Å². The minimum Gasteiger partial charge on any atom is -0.424 e. The molecule has 2 aromatic carbocycles. The van der Waals surface area contributed by atoms with Gasteiger partial charge in [0.25, 0.3) is 5.91 Å². The predicted octanol–water partition coefficient (Wildman–Crippen LogP) is 6.98. The quantitative estimate of drug-likeness (QED) is 0.0644. The van der Waals surface area contributed by atoms with Crippen molar-refractivity contribution >= 4 is 49.6 Å². The lowest BCUT2D eigenvalue weighted by Gasteiger charge is -2.26. The van der Waals surface area contributed by atoms with E-state index in [1.54, 1.807) is 24.1 Å². The second-order valence-corrected chi connectivity index (χ2v) is 15.2. The molecule has 0 spiro atoms. The molecule has 17 heteroatoms. The van der Waals surface area contributed by atoms with Crippen molar-refractivity contribution < 1.29 is 46.8 Å². The fourth-order valence-electron chi connectivity index (χ4n) is 5.76. The van der Waals surface area contributed by atoms with Gasteiger partial charge >= 0.3 is 19.9 Å². The Balaban J connectivity index is 1.20. The number of phosphoric acid groups is 1. The lowest BCUT2D eigenvalue weighted by atomic mass is 10.0. The van der Waals surface area contributed by atoms with Crippen LogP contribution in [0.3, 0.4) is 0 Å². The van der Waals surface area contributed by atoms with Crippen LogP contribution in [0.1, 0.15) is 98.9 Å². The predicted molar refractivity (Wildman–Crippen MR) is 208 cm³/mol. The van der Waals surface area contributed by atoms with Gasteiger partial charge in [-0.05, 0) is 93.5 Å². The maximum atomic E-state index is 13.9. The molecule has 16 nitrogen and oxygen atoms in total. The van der Waals surface area contributed by atoms with Crippen LogP contribution in [0.4, 0.5) is 10.5 Å². The lowest BCUT2D eigenvalue weighted by Crippen LogP contribution is -2.45. The monoisotopic (exact) mass is 794 g/mol. The first-order valence-electron chi connectivity index (χ1n) is 19.1. The number of nitrogens with one attached hydrogen (secondary N) is 2. The molecule has 0 bridgehead atoms. The first-order valence-corrected chi connectivity index (χ1v) is 20.5. The Hall–Kier alpha value is -5.05. The maximum absolute atomic E-state index is 13.9. The summed E-state index contributed by atoms with van der Waals surface area (Å²) >= 11 is 0. The van der Waals surface area contributed by atoms with E-state index in [1.807, 2.05) is 33.8 Å². The summed E-state index contributed by atoms with van der Waals surface area (Å²) in [5.41, 5.74) is 6.29. The van der Waals surface area contributed by atoms with Crippen LogP contribution >= 0.6 is 7.82 Å². The Bertz CT molecular complexity index is 1880. The molecule has 0 radical (unpaired) electrons. The van der Waals surface area contributed by atoms with Crippen molar-refractivity contribution in [1.29, 1.82) is 0 Å². The standard InChI is InChI=1S/C39H51N6O10P/c1-6-9-20-53-56(50,54-21-10-7-2)55-31-17-13-28(14-18-31)38(48)51-25-52-39(49)44(19-8-3)37(47)32-23-45-34(27(32)5)35(40-24-41-45)43-33-22-29(12-11-26(33)4)36(46)42-30-15-16-30/h11-14,17-18,22,24,30,32H,6-10,15-16,19-21,23,25H2,1-5H3,(H,42,46)(H,40,41,43). The normalized spacial score (nSPS) is 17.0. The Morgan fingerprint density at radius 3 is 2.27 bits per heavy atom. The number of esters is 1. The highest BCUT2D eigenvalue weighted by atomic mass is 31.2. The number of carbonyl (C=O) groups excluding carboxylic acids is 4. The number of hydrazine groups is 1. The van der Waals surface area contributed by atoms with E-state index in [-0.39, 0.29) is 49.6 Å². The fraction of sp³-hybridized carbons (Fsp3) is 0.487. The van der Waals surface area contributed by atoms with Gasteiger partial charge in [-0.1, -0.05) is 39.7 Å². The van der Waals surface area contributed by atoms with E-state index < -0.39 is 38.5 Å². The molecule has 3 aliphatic rings. The van der Waals surface area contributed by atoms with Crippen LogP contribution in [0.5, 0.6) is 5.75 Å². The average Bonchev–Trinajstić information content (AvgIpc) is 3.94. The Kier molecular flexibility index (Phi) is 14.8. The molecule has 0 saturated heterocycles. The summed E-state index contributed by atoms with van der Waals surface area (Å²) in [6, 6.07) is 11.2. The third-order valence-electron chi connectivity index (χ3n) is 9.16. The van der Waals surface area contributed by atoms with E-state index in [2.05, 4.69) is 15.7 Å². The molecule has 2 heterocycles. The molecule has 0 aromatic heterocycles. The van der Waals surface area contributed by atoms with E-state index in [4.69, 9.17) is 28.0 Å². The van der Waals surface area contributed by atoms with Crippen LogP contribution in [0.15, 0.2) is 63.7 Å². The van der Waals surface area contributed by atoms with Gasteiger partial charge in [0.1, 0.15) is 17.8 Å². The lowest BCUT2D eigenvalue weighted by molar-refractivity contribution is -0.133. The number of aryl methyl sites for hydroxylation is 1. The zero-order valence-corrected chi connectivity index (χ0v) is 33.5.